The van der Waals surface area contributed by atoms with Crippen LogP contribution < -0.4 is 0 Å². The molecule has 1 aromatic carbocycles. The lowest BCUT2D eigenvalue weighted by molar-refractivity contribution is -0.139. The topological polar surface area (TPSA) is 90.7 Å². The van der Waals surface area contributed by atoms with E-state index in [4.69, 9.17) is 10.0 Å². The minimum atomic E-state index is -1.39. The number of hydrogen-bond acceptors (Lipinski definition) is 4. The number of aromatic nitrogens is 1. The SMILES string of the molecule is O=C(O)[C@@H]1c2cc(-c3ccccn3)c(F)cc2C[C@@H]1CCCB(O)O. The van der Waals surface area contributed by atoms with Gasteiger partial charge in [0.15, 0.2) is 0 Å². The van der Waals surface area contributed by atoms with Crippen molar-refractivity contribution in [1.82, 2.24) is 4.98 Å². The summed E-state index contributed by atoms with van der Waals surface area (Å²) in [4.78, 5) is 15.9. The Morgan fingerprint density at radius 2 is 2.12 bits per heavy atom. The van der Waals surface area contributed by atoms with E-state index in [-0.39, 0.29) is 12.2 Å². The van der Waals surface area contributed by atoms with Crippen molar-refractivity contribution in [1.29, 1.82) is 0 Å². The van der Waals surface area contributed by atoms with Crippen LogP contribution in [0.1, 0.15) is 29.9 Å². The highest BCUT2D eigenvalue weighted by molar-refractivity contribution is 6.40. The van der Waals surface area contributed by atoms with E-state index in [1.165, 1.54) is 6.07 Å². The van der Waals surface area contributed by atoms with Gasteiger partial charge in [0.25, 0.3) is 0 Å². The van der Waals surface area contributed by atoms with Crippen molar-refractivity contribution in [3.05, 3.63) is 53.5 Å². The van der Waals surface area contributed by atoms with Crippen LogP contribution in [-0.2, 0) is 11.2 Å². The largest absolute Gasteiger partial charge is 0.481 e. The molecule has 2 aromatic rings. The molecule has 0 radical (unpaired) electrons. The summed E-state index contributed by atoms with van der Waals surface area (Å²) in [5.41, 5.74) is 2.11. The smallest absolute Gasteiger partial charge is 0.451 e. The zero-order valence-electron chi connectivity index (χ0n) is 13.6. The number of hydrogen-bond donors (Lipinski definition) is 3. The molecule has 0 bridgehead atoms. The Balaban J connectivity index is 1.91. The Morgan fingerprint density at radius 3 is 2.76 bits per heavy atom. The van der Waals surface area contributed by atoms with Crippen molar-refractivity contribution >= 4 is 13.1 Å². The number of halogens is 1. The van der Waals surface area contributed by atoms with E-state index in [0.29, 0.717) is 41.6 Å². The number of benzene rings is 1. The molecule has 1 heterocycles. The molecule has 1 aliphatic carbocycles. The standard InChI is InChI=1S/C18H19BFNO4/c20-15-9-12-8-11(4-3-6-19(24)25)17(18(22)23)13(12)10-14(15)16-5-1-2-7-21-16/h1-2,5,7,9-11,17,24-25H,3-4,6,8H2,(H,22,23)/t11-,17-/m0/s1. The summed E-state index contributed by atoms with van der Waals surface area (Å²) in [6.45, 7) is 0. The van der Waals surface area contributed by atoms with Gasteiger partial charge in [0.05, 0.1) is 11.6 Å². The summed E-state index contributed by atoms with van der Waals surface area (Å²) in [6.07, 6.45) is 3.30. The molecule has 7 heteroatoms. The third-order valence-corrected chi connectivity index (χ3v) is 4.76. The first-order valence-electron chi connectivity index (χ1n) is 8.30. The molecule has 2 atom stereocenters. The lowest BCUT2D eigenvalue weighted by Gasteiger charge is -2.16. The fraction of sp³-hybridized carbons (Fsp3) is 0.333. The molecule has 1 aliphatic rings. The highest BCUT2D eigenvalue weighted by atomic mass is 19.1. The Hall–Kier alpha value is -2.25. The van der Waals surface area contributed by atoms with Crippen molar-refractivity contribution in [2.45, 2.75) is 31.5 Å². The Bertz CT molecular complexity index is 769. The average Bonchev–Trinajstić information content (AvgIpc) is 2.91. The van der Waals surface area contributed by atoms with Crippen LogP contribution in [0.5, 0.6) is 0 Å². The predicted molar refractivity (Wildman–Crippen MR) is 91.4 cm³/mol. The number of carboxylic acids is 1. The average molecular weight is 343 g/mol. The summed E-state index contributed by atoms with van der Waals surface area (Å²) in [5.74, 6) is -2.24. The fourth-order valence-corrected chi connectivity index (χ4v) is 3.64. The molecule has 3 rings (SSSR count). The van der Waals surface area contributed by atoms with Gasteiger partial charge in [-0.3, -0.25) is 9.78 Å². The molecular weight excluding hydrogens is 324 g/mol. The molecule has 5 nitrogen and oxygen atoms in total. The van der Waals surface area contributed by atoms with Gasteiger partial charge in [-0.15, -0.1) is 0 Å². The van der Waals surface area contributed by atoms with Gasteiger partial charge in [0.2, 0.25) is 0 Å². The molecule has 3 N–H and O–H groups in total. The first kappa shape index (κ1) is 17.6. The molecule has 0 unspecified atom stereocenters. The minimum absolute atomic E-state index is 0.176. The van der Waals surface area contributed by atoms with Gasteiger partial charge in [-0.25, -0.2) is 4.39 Å². The van der Waals surface area contributed by atoms with Crippen LogP contribution in [0.2, 0.25) is 6.32 Å². The van der Waals surface area contributed by atoms with E-state index in [9.17, 15) is 14.3 Å². The minimum Gasteiger partial charge on any atom is -0.481 e. The summed E-state index contributed by atoms with van der Waals surface area (Å²) in [5, 5.41) is 27.6. The van der Waals surface area contributed by atoms with Gasteiger partial charge in [0, 0.05) is 11.8 Å². The first-order valence-corrected chi connectivity index (χ1v) is 8.30. The molecule has 0 spiro atoms. The van der Waals surface area contributed by atoms with E-state index in [1.54, 1.807) is 30.5 Å². The van der Waals surface area contributed by atoms with Gasteiger partial charge >= 0.3 is 13.1 Å². The quantitative estimate of drug-likeness (QED) is 0.701. The molecule has 25 heavy (non-hydrogen) atoms. The van der Waals surface area contributed by atoms with Gasteiger partial charge in [-0.1, -0.05) is 12.5 Å². The van der Waals surface area contributed by atoms with E-state index in [2.05, 4.69) is 4.98 Å². The summed E-state index contributed by atoms with van der Waals surface area (Å²) < 4.78 is 14.5. The second kappa shape index (κ2) is 7.33. The maximum Gasteiger partial charge on any atom is 0.451 e. The second-order valence-corrected chi connectivity index (χ2v) is 6.44. The maximum absolute atomic E-state index is 14.5. The van der Waals surface area contributed by atoms with Crippen molar-refractivity contribution in [2.24, 2.45) is 5.92 Å². The molecule has 0 saturated heterocycles. The number of nitrogens with zero attached hydrogens (tertiary/aromatic N) is 1. The lowest BCUT2D eigenvalue weighted by Crippen LogP contribution is -2.18. The van der Waals surface area contributed by atoms with Gasteiger partial charge in [0.1, 0.15) is 5.82 Å². The van der Waals surface area contributed by atoms with Gasteiger partial charge < -0.3 is 15.2 Å². The lowest BCUT2D eigenvalue weighted by atomic mass is 9.80. The molecule has 0 aliphatic heterocycles. The van der Waals surface area contributed by atoms with E-state index >= 15 is 0 Å². The van der Waals surface area contributed by atoms with Crippen molar-refractivity contribution in [2.75, 3.05) is 0 Å². The number of fused-ring (bicyclic) bond motifs is 1. The maximum atomic E-state index is 14.5. The number of carboxylic acid groups (broad SMARTS) is 1. The van der Waals surface area contributed by atoms with Crippen LogP contribution in [0.3, 0.4) is 0 Å². The fourth-order valence-electron chi connectivity index (χ4n) is 3.64. The summed E-state index contributed by atoms with van der Waals surface area (Å²) in [6, 6.07) is 8.20. The molecule has 1 aromatic heterocycles. The number of carbonyl (C=O) groups is 1. The van der Waals surface area contributed by atoms with Crippen LogP contribution in [0.4, 0.5) is 4.39 Å². The molecular formula is C18H19BFNO4. The van der Waals surface area contributed by atoms with Crippen LogP contribution in [-0.4, -0.2) is 33.2 Å². The Morgan fingerprint density at radius 1 is 1.32 bits per heavy atom. The highest BCUT2D eigenvalue weighted by Gasteiger charge is 2.38. The Labute approximate surface area is 145 Å². The molecule has 130 valence electrons. The number of pyridine rings is 1. The second-order valence-electron chi connectivity index (χ2n) is 6.44. The molecule has 0 fully saturated rings. The van der Waals surface area contributed by atoms with Crippen molar-refractivity contribution in [3.8, 4) is 11.3 Å². The van der Waals surface area contributed by atoms with Crippen LogP contribution in [0, 0.1) is 11.7 Å². The van der Waals surface area contributed by atoms with Crippen molar-refractivity contribution in [3.63, 3.8) is 0 Å². The van der Waals surface area contributed by atoms with E-state index in [0.717, 1.165) is 0 Å². The number of rotatable bonds is 6. The van der Waals surface area contributed by atoms with Crippen LogP contribution in [0.15, 0.2) is 36.5 Å². The summed E-state index contributed by atoms with van der Waals surface area (Å²) in [7, 11) is -1.39. The molecule has 0 saturated carbocycles. The first-order chi connectivity index (χ1) is 12.0. The third kappa shape index (κ3) is 3.72. The Kier molecular flexibility index (Phi) is 5.15. The van der Waals surface area contributed by atoms with Crippen LogP contribution in [0.25, 0.3) is 11.3 Å². The highest BCUT2D eigenvalue weighted by Crippen LogP contribution is 2.43. The monoisotopic (exact) mass is 343 g/mol. The van der Waals surface area contributed by atoms with E-state index < -0.39 is 24.8 Å². The molecule has 0 amide bonds. The van der Waals surface area contributed by atoms with Gasteiger partial charge in [-0.05, 0) is 60.5 Å². The normalized spacial score (nSPS) is 18.8. The number of aliphatic carboxylic acids is 1. The van der Waals surface area contributed by atoms with Crippen LogP contribution >= 0.6 is 0 Å². The predicted octanol–water partition coefficient (Wildman–Crippen LogP) is 2.48. The summed E-state index contributed by atoms with van der Waals surface area (Å²) >= 11 is 0. The van der Waals surface area contributed by atoms with E-state index in [1.807, 2.05) is 0 Å². The zero-order chi connectivity index (χ0) is 18.0. The third-order valence-electron chi connectivity index (χ3n) is 4.76. The van der Waals surface area contributed by atoms with Gasteiger partial charge in [-0.2, -0.15) is 0 Å². The van der Waals surface area contributed by atoms with Crippen molar-refractivity contribution < 1.29 is 24.3 Å². The zero-order valence-corrected chi connectivity index (χ0v) is 13.6.